The van der Waals surface area contributed by atoms with Gasteiger partial charge < -0.3 is 10.1 Å². The van der Waals surface area contributed by atoms with Crippen molar-refractivity contribution in [3.8, 4) is 5.75 Å². The number of ether oxygens (including phenoxy) is 1. The van der Waals surface area contributed by atoms with E-state index in [1.807, 2.05) is 18.2 Å². The largest absolute Gasteiger partial charge is 0.482 e. The first-order valence-corrected chi connectivity index (χ1v) is 7.58. The summed E-state index contributed by atoms with van der Waals surface area (Å²) in [7, 11) is 0. The second-order valence-corrected chi connectivity index (χ2v) is 5.08. The standard InChI is InChI=1S/C18H20N2O3/c1-3-16(21)13(2)23-17-10-5-4-9-15(17)18(22)20-12-14-8-6-7-11-19-14/h4-11,13H,3,12H2,1-2H3,(H,20,22). The molecule has 0 aliphatic carbocycles. The van der Waals surface area contributed by atoms with Crippen molar-refractivity contribution in [2.24, 2.45) is 0 Å². The Bertz CT molecular complexity index is 671. The zero-order chi connectivity index (χ0) is 16.7. The molecule has 0 radical (unpaired) electrons. The number of carbonyl (C=O) groups excluding carboxylic acids is 2. The smallest absolute Gasteiger partial charge is 0.255 e. The van der Waals surface area contributed by atoms with Gasteiger partial charge in [-0.3, -0.25) is 14.6 Å². The second kappa shape index (κ2) is 8.08. The van der Waals surface area contributed by atoms with Gasteiger partial charge in [-0.1, -0.05) is 25.1 Å². The van der Waals surface area contributed by atoms with Crippen LogP contribution in [0.15, 0.2) is 48.7 Å². The highest BCUT2D eigenvalue weighted by Gasteiger charge is 2.17. The molecule has 0 aliphatic heterocycles. The van der Waals surface area contributed by atoms with E-state index in [1.165, 1.54) is 0 Å². The lowest BCUT2D eigenvalue weighted by atomic mass is 10.1. The van der Waals surface area contributed by atoms with Crippen molar-refractivity contribution in [2.45, 2.75) is 32.9 Å². The number of Topliss-reactive ketones (excluding diaryl/α,β-unsaturated/α-hetero) is 1. The number of aromatic nitrogens is 1. The molecule has 120 valence electrons. The van der Waals surface area contributed by atoms with E-state index in [-0.39, 0.29) is 11.7 Å². The van der Waals surface area contributed by atoms with Gasteiger partial charge in [0.2, 0.25) is 0 Å². The second-order valence-electron chi connectivity index (χ2n) is 5.08. The van der Waals surface area contributed by atoms with Crippen LogP contribution in [0.5, 0.6) is 5.75 Å². The van der Waals surface area contributed by atoms with Gasteiger partial charge >= 0.3 is 0 Å². The molecule has 0 saturated heterocycles. The van der Waals surface area contributed by atoms with E-state index < -0.39 is 6.10 Å². The van der Waals surface area contributed by atoms with Gasteiger partial charge in [0.1, 0.15) is 5.75 Å². The summed E-state index contributed by atoms with van der Waals surface area (Å²) in [5.41, 5.74) is 1.17. The van der Waals surface area contributed by atoms with Gasteiger partial charge in [-0.25, -0.2) is 0 Å². The van der Waals surface area contributed by atoms with E-state index in [0.29, 0.717) is 24.3 Å². The summed E-state index contributed by atoms with van der Waals surface area (Å²) in [5.74, 6) is 0.136. The third kappa shape index (κ3) is 4.64. The number of nitrogens with one attached hydrogen (secondary N) is 1. The van der Waals surface area contributed by atoms with Gasteiger partial charge in [-0.15, -0.1) is 0 Å². The Balaban J connectivity index is 2.06. The van der Waals surface area contributed by atoms with Gasteiger partial charge in [-0.2, -0.15) is 0 Å². The third-order valence-electron chi connectivity index (χ3n) is 3.39. The van der Waals surface area contributed by atoms with Crippen molar-refractivity contribution in [1.82, 2.24) is 10.3 Å². The van der Waals surface area contributed by atoms with Crippen LogP contribution >= 0.6 is 0 Å². The highest BCUT2D eigenvalue weighted by Crippen LogP contribution is 2.20. The minimum Gasteiger partial charge on any atom is -0.482 e. The van der Waals surface area contributed by atoms with Crippen molar-refractivity contribution in [3.63, 3.8) is 0 Å². The predicted molar refractivity (Wildman–Crippen MR) is 87.2 cm³/mol. The lowest BCUT2D eigenvalue weighted by Gasteiger charge is -2.16. The Hall–Kier alpha value is -2.69. The summed E-state index contributed by atoms with van der Waals surface area (Å²) >= 11 is 0. The number of carbonyl (C=O) groups is 2. The van der Waals surface area contributed by atoms with Gasteiger partial charge in [-0.05, 0) is 31.2 Å². The number of amides is 1. The molecule has 5 nitrogen and oxygen atoms in total. The molecule has 2 rings (SSSR count). The predicted octanol–water partition coefficient (Wildman–Crippen LogP) is 2.76. The van der Waals surface area contributed by atoms with Gasteiger partial charge in [0.05, 0.1) is 17.8 Å². The average molecular weight is 312 g/mol. The van der Waals surface area contributed by atoms with Crippen molar-refractivity contribution in [3.05, 3.63) is 59.9 Å². The molecule has 1 atom stereocenters. The van der Waals surface area contributed by atoms with Crippen LogP contribution < -0.4 is 10.1 Å². The Morgan fingerprint density at radius 1 is 1.17 bits per heavy atom. The van der Waals surface area contributed by atoms with Crippen LogP contribution in [0.4, 0.5) is 0 Å². The Labute approximate surface area is 135 Å². The summed E-state index contributed by atoms with van der Waals surface area (Å²) in [6.45, 7) is 3.81. The van der Waals surface area contributed by atoms with E-state index >= 15 is 0 Å². The molecule has 0 saturated carbocycles. The van der Waals surface area contributed by atoms with Crippen molar-refractivity contribution >= 4 is 11.7 Å². The fraction of sp³-hybridized carbons (Fsp3) is 0.278. The number of benzene rings is 1. The highest BCUT2D eigenvalue weighted by molar-refractivity contribution is 5.97. The number of nitrogens with zero attached hydrogens (tertiary/aromatic N) is 1. The molecule has 1 aromatic heterocycles. The lowest BCUT2D eigenvalue weighted by molar-refractivity contribution is -0.124. The van der Waals surface area contributed by atoms with E-state index in [2.05, 4.69) is 10.3 Å². The molecule has 23 heavy (non-hydrogen) atoms. The average Bonchev–Trinajstić information content (AvgIpc) is 2.60. The molecule has 0 fully saturated rings. The molecule has 1 heterocycles. The molecule has 0 bridgehead atoms. The molecule has 5 heteroatoms. The number of para-hydroxylation sites is 1. The van der Waals surface area contributed by atoms with E-state index in [1.54, 1.807) is 44.3 Å². The van der Waals surface area contributed by atoms with Gasteiger partial charge in [0, 0.05) is 12.6 Å². The van der Waals surface area contributed by atoms with Crippen LogP contribution in [0.25, 0.3) is 0 Å². The summed E-state index contributed by atoms with van der Waals surface area (Å²) in [4.78, 5) is 28.2. The molecule has 2 aromatic rings. The van der Waals surface area contributed by atoms with Crippen LogP contribution in [0.3, 0.4) is 0 Å². The number of hydrogen-bond donors (Lipinski definition) is 1. The SMILES string of the molecule is CCC(=O)C(C)Oc1ccccc1C(=O)NCc1ccccn1. The molecule has 0 aliphatic rings. The minimum atomic E-state index is -0.579. The topological polar surface area (TPSA) is 68.3 Å². The summed E-state index contributed by atoms with van der Waals surface area (Å²) in [6.07, 6.45) is 1.50. The summed E-state index contributed by atoms with van der Waals surface area (Å²) < 4.78 is 5.65. The molecular weight excluding hydrogens is 292 g/mol. The lowest BCUT2D eigenvalue weighted by Crippen LogP contribution is -2.27. The first-order valence-electron chi connectivity index (χ1n) is 7.58. The minimum absolute atomic E-state index is 0.00584. The Morgan fingerprint density at radius 3 is 2.61 bits per heavy atom. The fourth-order valence-electron chi connectivity index (χ4n) is 2.07. The molecule has 1 amide bonds. The van der Waals surface area contributed by atoms with Crippen LogP contribution in [-0.2, 0) is 11.3 Å². The van der Waals surface area contributed by atoms with E-state index in [4.69, 9.17) is 4.74 Å². The highest BCUT2D eigenvalue weighted by atomic mass is 16.5. The molecule has 1 N–H and O–H groups in total. The Kier molecular flexibility index (Phi) is 5.86. The van der Waals surface area contributed by atoms with Crippen LogP contribution in [0, 0.1) is 0 Å². The molecular formula is C18H20N2O3. The van der Waals surface area contributed by atoms with E-state index in [9.17, 15) is 9.59 Å². The van der Waals surface area contributed by atoms with Crippen LogP contribution in [0.2, 0.25) is 0 Å². The van der Waals surface area contributed by atoms with Gasteiger partial charge in [0.25, 0.3) is 5.91 Å². The van der Waals surface area contributed by atoms with Crippen LogP contribution in [-0.4, -0.2) is 22.8 Å². The number of ketones is 1. The summed E-state index contributed by atoms with van der Waals surface area (Å²) in [5, 5.41) is 2.81. The van der Waals surface area contributed by atoms with Crippen molar-refractivity contribution < 1.29 is 14.3 Å². The van der Waals surface area contributed by atoms with E-state index in [0.717, 1.165) is 5.69 Å². The normalized spacial score (nSPS) is 11.6. The molecule has 1 aromatic carbocycles. The van der Waals surface area contributed by atoms with Crippen LogP contribution in [0.1, 0.15) is 36.3 Å². The maximum absolute atomic E-state index is 12.4. The Morgan fingerprint density at radius 2 is 1.91 bits per heavy atom. The zero-order valence-electron chi connectivity index (χ0n) is 13.3. The number of hydrogen-bond acceptors (Lipinski definition) is 4. The van der Waals surface area contributed by atoms with Crippen molar-refractivity contribution in [2.75, 3.05) is 0 Å². The first kappa shape index (κ1) is 16.7. The monoisotopic (exact) mass is 312 g/mol. The first-order chi connectivity index (χ1) is 11.1. The number of pyridine rings is 1. The maximum atomic E-state index is 12.4. The molecule has 1 unspecified atom stereocenters. The fourth-order valence-corrected chi connectivity index (χ4v) is 2.07. The maximum Gasteiger partial charge on any atom is 0.255 e. The van der Waals surface area contributed by atoms with Gasteiger partial charge in [0.15, 0.2) is 11.9 Å². The summed E-state index contributed by atoms with van der Waals surface area (Å²) in [6, 6.07) is 12.4. The zero-order valence-corrected chi connectivity index (χ0v) is 13.3. The number of rotatable bonds is 7. The third-order valence-corrected chi connectivity index (χ3v) is 3.39. The quantitative estimate of drug-likeness (QED) is 0.853. The molecule has 0 spiro atoms. The van der Waals surface area contributed by atoms with Crippen molar-refractivity contribution in [1.29, 1.82) is 0 Å².